The molecule has 10 heteroatoms. The van der Waals surface area contributed by atoms with E-state index in [-0.39, 0.29) is 13.0 Å². The molecule has 1 aliphatic heterocycles. The van der Waals surface area contributed by atoms with Gasteiger partial charge in [-0.05, 0) is 57.2 Å². The Bertz CT molecular complexity index is 1080. The average Bonchev–Trinajstić information content (AvgIpc) is 3.11. The maximum absolute atomic E-state index is 13.0. The molecule has 1 heterocycles. The number of hydrogen-bond donors (Lipinski definition) is 1. The zero-order valence-electron chi connectivity index (χ0n) is 19.0. The molecule has 2 aromatic rings. The standard InChI is InChI=1S/C23H28N2O7S/c1-23(2,3)31-22(27)25-15-19(32-33(4,28)29)14-20(25)21(26)24-16-10-12-18(13-11-16)30-17-8-6-5-7-9-17/h5-13,19-20H,14-15H2,1-4H3,(H,24,26)/t19-,20-/m0/s1. The quantitative estimate of drug-likeness (QED) is 0.632. The van der Waals surface area contributed by atoms with Gasteiger partial charge in [0.05, 0.1) is 18.9 Å². The average molecular weight is 477 g/mol. The van der Waals surface area contributed by atoms with Crippen LogP contribution in [0.4, 0.5) is 10.5 Å². The topological polar surface area (TPSA) is 111 Å². The van der Waals surface area contributed by atoms with Gasteiger partial charge in [0.2, 0.25) is 5.91 Å². The first-order chi connectivity index (χ1) is 15.4. The molecule has 1 fully saturated rings. The van der Waals surface area contributed by atoms with E-state index in [4.69, 9.17) is 13.7 Å². The van der Waals surface area contributed by atoms with Crippen LogP contribution in [0.2, 0.25) is 0 Å². The number of nitrogens with zero attached hydrogens (tertiary/aromatic N) is 1. The van der Waals surface area contributed by atoms with Crippen LogP contribution in [0.3, 0.4) is 0 Å². The van der Waals surface area contributed by atoms with Crippen LogP contribution < -0.4 is 10.1 Å². The molecule has 2 aromatic carbocycles. The molecule has 2 amide bonds. The van der Waals surface area contributed by atoms with Gasteiger partial charge >= 0.3 is 6.09 Å². The summed E-state index contributed by atoms with van der Waals surface area (Å²) >= 11 is 0. The highest BCUT2D eigenvalue weighted by Gasteiger charge is 2.43. The number of ether oxygens (including phenoxy) is 2. The van der Waals surface area contributed by atoms with Crippen molar-refractivity contribution in [3.8, 4) is 11.5 Å². The molecule has 0 aliphatic carbocycles. The molecule has 9 nitrogen and oxygen atoms in total. The number of para-hydroxylation sites is 1. The van der Waals surface area contributed by atoms with Gasteiger partial charge in [0, 0.05) is 12.1 Å². The van der Waals surface area contributed by atoms with Crippen LogP contribution in [0.1, 0.15) is 27.2 Å². The van der Waals surface area contributed by atoms with Crippen LogP contribution in [0, 0.1) is 0 Å². The van der Waals surface area contributed by atoms with Crippen molar-refractivity contribution in [3.05, 3.63) is 54.6 Å². The van der Waals surface area contributed by atoms with Gasteiger partial charge in [-0.15, -0.1) is 0 Å². The number of hydrogen-bond acceptors (Lipinski definition) is 7. The number of carbonyl (C=O) groups is 2. The Labute approximate surface area is 193 Å². The van der Waals surface area contributed by atoms with Crippen LogP contribution in [-0.4, -0.2) is 55.9 Å². The van der Waals surface area contributed by atoms with E-state index in [1.165, 1.54) is 4.90 Å². The summed E-state index contributed by atoms with van der Waals surface area (Å²) in [5.74, 6) is 0.805. The summed E-state index contributed by atoms with van der Waals surface area (Å²) in [5, 5.41) is 2.76. The molecular formula is C23H28N2O7S. The molecule has 33 heavy (non-hydrogen) atoms. The minimum Gasteiger partial charge on any atom is -0.457 e. The molecule has 0 spiro atoms. The van der Waals surface area contributed by atoms with Crippen LogP contribution in [0.25, 0.3) is 0 Å². The fourth-order valence-corrected chi connectivity index (χ4v) is 3.98. The molecule has 178 valence electrons. The second-order valence-corrected chi connectivity index (χ2v) is 10.3. The van der Waals surface area contributed by atoms with Crippen molar-refractivity contribution >= 4 is 27.8 Å². The van der Waals surface area contributed by atoms with E-state index >= 15 is 0 Å². The monoisotopic (exact) mass is 476 g/mol. The lowest BCUT2D eigenvalue weighted by molar-refractivity contribution is -0.120. The third kappa shape index (κ3) is 7.47. The first-order valence-corrected chi connectivity index (χ1v) is 12.2. The van der Waals surface area contributed by atoms with E-state index in [2.05, 4.69) is 5.32 Å². The maximum Gasteiger partial charge on any atom is 0.411 e. The van der Waals surface area contributed by atoms with Crippen LogP contribution in [0.5, 0.6) is 11.5 Å². The third-order valence-corrected chi connectivity index (χ3v) is 5.23. The highest BCUT2D eigenvalue weighted by atomic mass is 32.2. The molecule has 3 rings (SSSR count). The molecule has 1 saturated heterocycles. The van der Waals surface area contributed by atoms with E-state index < -0.39 is 39.9 Å². The van der Waals surface area contributed by atoms with Crippen LogP contribution in [-0.2, 0) is 23.8 Å². The van der Waals surface area contributed by atoms with E-state index in [0.29, 0.717) is 17.2 Å². The third-order valence-electron chi connectivity index (χ3n) is 4.60. The van der Waals surface area contributed by atoms with Crippen molar-refractivity contribution in [2.24, 2.45) is 0 Å². The Morgan fingerprint density at radius 2 is 1.61 bits per heavy atom. The summed E-state index contributed by atoms with van der Waals surface area (Å²) in [6, 6.07) is 15.1. The zero-order valence-corrected chi connectivity index (χ0v) is 19.8. The Hall–Kier alpha value is -3.11. The summed E-state index contributed by atoms with van der Waals surface area (Å²) in [5.41, 5.74) is -0.278. The van der Waals surface area contributed by atoms with Crippen LogP contribution in [0.15, 0.2) is 54.6 Å². The van der Waals surface area contributed by atoms with Gasteiger partial charge in [-0.2, -0.15) is 8.42 Å². The van der Waals surface area contributed by atoms with Crippen molar-refractivity contribution < 1.29 is 31.7 Å². The smallest absolute Gasteiger partial charge is 0.411 e. The summed E-state index contributed by atoms with van der Waals surface area (Å²) in [6.07, 6.45) is -0.608. The Morgan fingerprint density at radius 3 is 2.18 bits per heavy atom. The van der Waals surface area contributed by atoms with Gasteiger partial charge in [-0.3, -0.25) is 13.9 Å². The summed E-state index contributed by atoms with van der Waals surface area (Å²) < 4.78 is 39.3. The number of amides is 2. The fraction of sp³-hybridized carbons (Fsp3) is 0.391. The first-order valence-electron chi connectivity index (χ1n) is 10.4. The Morgan fingerprint density at radius 1 is 1.00 bits per heavy atom. The fourth-order valence-electron chi connectivity index (χ4n) is 3.34. The van der Waals surface area contributed by atoms with E-state index in [1.807, 2.05) is 30.3 Å². The Balaban J connectivity index is 1.70. The zero-order chi connectivity index (χ0) is 24.2. The number of nitrogens with one attached hydrogen (secondary N) is 1. The summed E-state index contributed by atoms with van der Waals surface area (Å²) in [4.78, 5) is 26.8. The van der Waals surface area contributed by atoms with Crippen molar-refractivity contribution in [1.29, 1.82) is 0 Å². The second kappa shape index (κ2) is 9.80. The van der Waals surface area contributed by atoms with Gasteiger partial charge in [0.1, 0.15) is 23.1 Å². The van der Waals surface area contributed by atoms with E-state index in [0.717, 1.165) is 6.26 Å². The van der Waals surface area contributed by atoms with Crippen molar-refractivity contribution in [1.82, 2.24) is 4.90 Å². The second-order valence-electron chi connectivity index (χ2n) is 8.74. The van der Waals surface area contributed by atoms with E-state index in [9.17, 15) is 18.0 Å². The van der Waals surface area contributed by atoms with Gasteiger partial charge in [-0.25, -0.2) is 4.79 Å². The predicted octanol–water partition coefficient (Wildman–Crippen LogP) is 3.77. The lowest BCUT2D eigenvalue weighted by Crippen LogP contribution is -2.45. The minimum absolute atomic E-state index is 0.0212. The molecular weight excluding hydrogens is 448 g/mol. The van der Waals surface area contributed by atoms with Crippen LogP contribution >= 0.6 is 0 Å². The maximum atomic E-state index is 13.0. The molecule has 1 N–H and O–H groups in total. The van der Waals surface area contributed by atoms with Crippen molar-refractivity contribution in [2.75, 3.05) is 18.1 Å². The molecule has 0 aromatic heterocycles. The SMILES string of the molecule is CC(C)(C)OC(=O)N1C[C@@H](OS(C)(=O)=O)C[C@H]1C(=O)Nc1ccc(Oc2ccccc2)cc1. The summed E-state index contributed by atoms with van der Waals surface area (Å²) in [6.45, 7) is 5.04. The first kappa shape index (κ1) is 24.5. The number of anilines is 1. The molecule has 0 saturated carbocycles. The van der Waals surface area contributed by atoms with Crippen molar-refractivity contribution in [2.45, 2.75) is 44.9 Å². The number of rotatable bonds is 6. The summed E-state index contributed by atoms with van der Waals surface area (Å²) in [7, 11) is -3.75. The normalized spacial score (nSPS) is 18.6. The number of likely N-dealkylation sites (tertiary alicyclic amines) is 1. The molecule has 0 unspecified atom stereocenters. The van der Waals surface area contributed by atoms with E-state index in [1.54, 1.807) is 45.0 Å². The van der Waals surface area contributed by atoms with Gasteiger partial charge < -0.3 is 14.8 Å². The lowest BCUT2D eigenvalue weighted by Gasteiger charge is -2.27. The largest absolute Gasteiger partial charge is 0.457 e. The molecule has 2 atom stereocenters. The van der Waals surface area contributed by atoms with Gasteiger partial charge in [0.25, 0.3) is 10.1 Å². The molecule has 0 radical (unpaired) electrons. The predicted molar refractivity (Wildman–Crippen MR) is 123 cm³/mol. The highest BCUT2D eigenvalue weighted by molar-refractivity contribution is 7.86. The van der Waals surface area contributed by atoms with Crippen molar-refractivity contribution in [3.63, 3.8) is 0 Å². The number of carbonyl (C=O) groups excluding carboxylic acids is 2. The number of benzene rings is 2. The molecule has 1 aliphatic rings. The van der Waals surface area contributed by atoms with Gasteiger partial charge in [-0.1, -0.05) is 18.2 Å². The highest BCUT2D eigenvalue weighted by Crippen LogP contribution is 2.27. The molecule has 0 bridgehead atoms. The lowest BCUT2D eigenvalue weighted by atomic mass is 10.1. The Kier molecular flexibility index (Phi) is 7.28. The van der Waals surface area contributed by atoms with Gasteiger partial charge in [0.15, 0.2) is 0 Å². The minimum atomic E-state index is -3.75.